The molecule has 0 unspecified atom stereocenters. The fraction of sp³-hybridized carbons (Fsp3) is 0.167. The first-order valence-electron chi connectivity index (χ1n) is 7.20. The van der Waals surface area contributed by atoms with E-state index in [2.05, 4.69) is 20.9 Å². The zero-order chi connectivity index (χ0) is 16.5. The molecule has 23 heavy (non-hydrogen) atoms. The third-order valence-corrected chi connectivity index (χ3v) is 5.59. The summed E-state index contributed by atoms with van der Waals surface area (Å²) < 4.78 is 0.880. The molecule has 0 bridgehead atoms. The number of aromatic nitrogens is 1. The van der Waals surface area contributed by atoms with Gasteiger partial charge in [0.05, 0.1) is 10.6 Å². The number of aromatic hydroxyl groups is 1. The van der Waals surface area contributed by atoms with Gasteiger partial charge >= 0.3 is 0 Å². The van der Waals surface area contributed by atoms with Crippen LogP contribution in [0.25, 0.3) is 10.9 Å². The molecular formula is C18H13BrClNO2. The molecule has 1 aliphatic carbocycles. The largest absolute Gasteiger partial charge is 0.506 e. The molecule has 0 fully saturated rings. The summed E-state index contributed by atoms with van der Waals surface area (Å²) in [6, 6.07) is 8.97. The molecule has 4 rings (SSSR count). The van der Waals surface area contributed by atoms with Crippen molar-refractivity contribution >= 4 is 44.2 Å². The Morgan fingerprint density at radius 3 is 2.74 bits per heavy atom. The fourth-order valence-electron chi connectivity index (χ4n) is 3.44. The number of fused-ring (bicyclic) bond motifs is 4. The molecule has 0 aliphatic heterocycles. The predicted octanol–water partition coefficient (Wildman–Crippen LogP) is 5.16. The van der Waals surface area contributed by atoms with Gasteiger partial charge in [0.25, 0.3) is 0 Å². The Kier molecular flexibility index (Phi) is 2.97. The molecule has 0 atom stereocenters. The Hall–Kier alpha value is -1.78. The van der Waals surface area contributed by atoms with Crippen LogP contribution >= 0.6 is 27.5 Å². The summed E-state index contributed by atoms with van der Waals surface area (Å²) >= 11 is 9.58. The minimum atomic E-state index is -0.445. The number of phenolic OH excluding ortho intramolecular Hbond substituents is 1. The quantitative estimate of drug-likeness (QED) is 0.557. The molecule has 0 amide bonds. The number of rotatable bonds is 0. The predicted molar refractivity (Wildman–Crippen MR) is 94.7 cm³/mol. The number of benzene rings is 2. The van der Waals surface area contributed by atoms with Crippen molar-refractivity contribution in [2.45, 2.75) is 19.3 Å². The lowest BCUT2D eigenvalue weighted by Gasteiger charge is -2.32. The van der Waals surface area contributed by atoms with Gasteiger partial charge in [-0.25, -0.2) is 0 Å². The number of nitrogens with one attached hydrogen (secondary N) is 1. The first kappa shape index (κ1) is 14.8. The number of aromatic amines is 1. The highest BCUT2D eigenvalue weighted by molar-refractivity contribution is 9.10. The van der Waals surface area contributed by atoms with E-state index in [-0.39, 0.29) is 16.6 Å². The maximum Gasteiger partial charge on any atom is 0.195 e. The van der Waals surface area contributed by atoms with Crippen LogP contribution in [0.15, 0.2) is 34.8 Å². The van der Waals surface area contributed by atoms with Crippen LogP contribution in [0.3, 0.4) is 0 Å². The van der Waals surface area contributed by atoms with E-state index in [4.69, 9.17) is 11.6 Å². The molecule has 116 valence electrons. The lowest BCUT2D eigenvalue weighted by molar-refractivity contribution is 0.103. The molecule has 0 saturated carbocycles. The second kappa shape index (κ2) is 4.62. The van der Waals surface area contributed by atoms with Crippen LogP contribution in [-0.2, 0) is 5.41 Å². The average Bonchev–Trinajstić information content (AvgIpc) is 2.89. The molecule has 0 radical (unpaired) electrons. The summed E-state index contributed by atoms with van der Waals surface area (Å²) in [4.78, 5) is 16.5. The van der Waals surface area contributed by atoms with Crippen LogP contribution in [0, 0.1) is 0 Å². The van der Waals surface area contributed by atoms with Crippen molar-refractivity contribution in [1.29, 1.82) is 0 Å². The van der Waals surface area contributed by atoms with Crippen molar-refractivity contribution in [1.82, 2.24) is 4.98 Å². The number of ketones is 1. The van der Waals surface area contributed by atoms with Gasteiger partial charge in [-0.2, -0.15) is 0 Å². The van der Waals surface area contributed by atoms with Crippen LogP contribution in [0.1, 0.15) is 41.0 Å². The number of hydrogen-bond acceptors (Lipinski definition) is 2. The van der Waals surface area contributed by atoms with Gasteiger partial charge in [0.2, 0.25) is 0 Å². The van der Waals surface area contributed by atoms with Gasteiger partial charge in [0.1, 0.15) is 5.75 Å². The first-order chi connectivity index (χ1) is 10.8. The normalized spacial score (nSPS) is 15.6. The number of carbonyl (C=O) groups is 1. The summed E-state index contributed by atoms with van der Waals surface area (Å²) in [7, 11) is 0. The lowest BCUT2D eigenvalue weighted by atomic mass is 9.71. The van der Waals surface area contributed by atoms with Crippen molar-refractivity contribution in [3.05, 3.63) is 62.2 Å². The molecule has 1 aliphatic rings. The minimum Gasteiger partial charge on any atom is -0.506 e. The topological polar surface area (TPSA) is 53.1 Å². The minimum absolute atomic E-state index is 0.00738. The molecule has 1 aromatic heterocycles. The molecule has 2 N–H and O–H groups in total. The molecule has 0 spiro atoms. The van der Waals surface area contributed by atoms with E-state index in [0.717, 1.165) is 26.6 Å². The van der Waals surface area contributed by atoms with Gasteiger partial charge in [0, 0.05) is 32.0 Å². The zero-order valence-electron chi connectivity index (χ0n) is 12.5. The van der Waals surface area contributed by atoms with E-state index in [0.29, 0.717) is 11.1 Å². The zero-order valence-corrected chi connectivity index (χ0v) is 14.8. The van der Waals surface area contributed by atoms with Crippen molar-refractivity contribution < 1.29 is 9.90 Å². The number of H-pyrrole nitrogens is 1. The highest BCUT2D eigenvalue weighted by Crippen LogP contribution is 2.46. The fourth-order valence-corrected chi connectivity index (χ4v) is 4.16. The van der Waals surface area contributed by atoms with E-state index >= 15 is 0 Å². The second-order valence-corrected chi connectivity index (χ2v) is 7.60. The Balaban J connectivity index is 2.15. The highest BCUT2D eigenvalue weighted by Gasteiger charge is 2.40. The Morgan fingerprint density at radius 1 is 1.26 bits per heavy atom. The number of carbonyl (C=O) groups excluding carboxylic acids is 1. The Labute approximate surface area is 146 Å². The Morgan fingerprint density at radius 2 is 2.00 bits per heavy atom. The molecule has 2 aromatic carbocycles. The molecule has 1 heterocycles. The summed E-state index contributed by atoms with van der Waals surface area (Å²) in [6.07, 6.45) is 0. The van der Waals surface area contributed by atoms with E-state index in [1.165, 1.54) is 0 Å². The van der Waals surface area contributed by atoms with E-state index in [1.54, 1.807) is 12.1 Å². The number of hydrogen-bond donors (Lipinski definition) is 2. The van der Waals surface area contributed by atoms with Crippen molar-refractivity contribution in [3.8, 4) is 5.75 Å². The maximum absolute atomic E-state index is 13.1. The molecule has 3 nitrogen and oxygen atoms in total. The van der Waals surface area contributed by atoms with Gasteiger partial charge in [-0.05, 0) is 29.8 Å². The lowest BCUT2D eigenvalue weighted by Crippen LogP contribution is -2.30. The first-order valence-corrected chi connectivity index (χ1v) is 8.38. The number of halogens is 2. The highest BCUT2D eigenvalue weighted by atomic mass is 79.9. The van der Waals surface area contributed by atoms with Gasteiger partial charge < -0.3 is 10.1 Å². The van der Waals surface area contributed by atoms with Crippen LogP contribution < -0.4 is 0 Å². The van der Waals surface area contributed by atoms with Gasteiger partial charge in [0.15, 0.2) is 5.78 Å². The van der Waals surface area contributed by atoms with Crippen molar-refractivity contribution in [3.63, 3.8) is 0 Å². The van der Waals surface area contributed by atoms with Crippen molar-refractivity contribution in [2.24, 2.45) is 0 Å². The van der Waals surface area contributed by atoms with E-state index in [9.17, 15) is 9.90 Å². The standard InChI is InChI=1S/C18H13BrClNO2/c1-18(2)9-7-13(22)11(20)6-8(9)16(23)15-14-10(19)4-3-5-12(14)21-17(15)18/h3-7,21-22H,1-2H3. The third-order valence-electron chi connectivity index (χ3n) is 4.63. The van der Waals surface area contributed by atoms with Crippen molar-refractivity contribution in [2.75, 3.05) is 0 Å². The SMILES string of the molecule is CC1(C)c2cc(O)c(Cl)cc2C(=O)c2c1[nH]c1cccc(Br)c21. The second-order valence-electron chi connectivity index (χ2n) is 6.34. The van der Waals surface area contributed by atoms with Crippen LogP contribution in [-0.4, -0.2) is 15.9 Å². The monoisotopic (exact) mass is 389 g/mol. The average molecular weight is 391 g/mol. The van der Waals surface area contributed by atoms with Gasteiger partial charge in [-0.1, -0.05) is 47.4 Å². The summed E-state index contributed by atoms with van der Waals surface area (Å²) in [5, 5.41) is 11.0. The molecular weight excluding hydrogens is 378 g/mol. The maximum atomic E-state index is 13.1. The smallest absolute Gasteiger partial charge is 0.195 e. The third kappa shape index (κ3) is 1.85. The Bertz CT molecular complexity index is 1000. The van der Waals surface area contributed by atoms with Crippen LogP contribution in [0.2, 0.25) is 5.02 Å². The molecule has 0 saturated heterocycles. The summed E-state index contributed by atoms with van der Waals surface area (Å²) in [5.41, 5.74) is 3.32. The molecule has 5 heteroatoms. The van der Waals surface area contributed by atoms with E-state index in [1.807, 2.05) is 32.0 Å². The summed E-state index contributed by atoms with van der Waals surface area (Å²) in [5.74, 6) is -0.0820. The van der Waals surface area contributed by atoms with Crippen LogP contribution in [0.4, 0.5) is 0 Å². The van der Waals surface area contributed by atoms with Crippen LogP contribution in [0.5, 0.6) is 5.75 Å². The van der Waals surface area contributed by atoms with Gasteiger partial charge in [-0.15, -0.1) is 0 Å². The van der Waals surface area contributed by atoms with Gasteiger partial charge in [-0.3, -0.25) is 4.79 Å². The molecule has 3 aromatic rings. The number of phenols is 1. The van der Waals surface area contributed by atoms with E-state index < -0.39 is 5.41 Å². The summed E-state index contributed by atoms with van der Waals surface area (Å²) in [6.45, 7) is 4.07.